The highest BCUT2D eigenvalue weighted by Crippen LogP contribution is 2.56. The van der Waals surface area contributed by atoms with Gasteiger partial charge in [0.25, 0.3) is 11.8 Å². The van der Waals surface area contributed by atoms with Gasteiger partial charge in [-0.1, -0.05) is 151 Å². The molecule has 0 saturated carbocycles. The number of halogens is 1. The normalized spacial score (nSPS) is 18.6. The van der Waals surface area contributed by atoms with E-state index in [2.05, 4.69) is 0 Å². The van der Waals surface area contributed by atoms with Crippen LogP contribution >= 0.6 is 11.6 Å². The minimum absolute atomic E-state index is 0.179. The number of hydrogen-bond donors (Lipinski definition) is 0. The molecule has 2 aliphatic rings. The number of carbonyl (C=O) groups is 2. The fourth-order valence-corrected chi connectivity index (χ4v) is 7.34. The van der Waals surface area contributed by atoms with Crippen molar-refractivity contribution in [1.29, 1.82) is 0 Å². The molecule has 0 saturated heterocycles. The first-order valence-electron chi connectivity index (χ1n) is 16.2. The molecule has 2 unspecified atom stereocenters. The zero-order valence-electron chi connectivity index (χ0n) is 26.4. The quantitative estimate of drug-likeness (QED) is 0.185. The van der Waals surface area contributed by atoms with Gasteiger partial charge in [-0.15, -0.1) is 0 Å². The van der Waals surface area contributed by atoms with Crippen LogP contribution in [0.1, 0.15) is 45.1 Å². The lowest BCUT2D eigenvalue weighted by atomic mass is 9.86. The van der Waals surface area contributed by atoms with E-state index in [1.807, 2.05) is 170 Å². The van der Waals surface area contributed by atoms with E-state index in [-0.39, 0.29) is 18.2 Å². The molecule has 2 aliphatic heterocycles. The SMILES string of the molecule is O=C(c1ccccc1)N1c2ccccc2N2C(=O)C(c3ccccc3)=C(c3ccccc3)OC2(c2ccccc2)CC1c1ccccc1Cl. The summed E-state index contributed by atoms with van der Waals surface area (Å²) in [6.45, 7) is 0. The van der Waals surface area contributed by atoms with Crippen molar-refractivity contribution in [3.8, 4) is 0 Å². The maximum atomic E-state index is 15.6. The molecule has 0 spiro atoms. The molecule has 0 fully saturated rings. The number of rotatable bonds is 5. The summed E-state index contributed by atoms with van der Waals surface area (Å²) in [6.07, 6.45) is 0.179. The van der Waals surface area contributed by atoms with E-state index in [0.29, 0.717) is 33.3 Å². The monoisotopic (exact) mass is 658 g/mol. The summed E-state index contributed by atoms with van der Waals surface area (Å²) in [5.74, 6) is 0.0163. The molecule has 238 valence electrons. The first kappa shape index (κ1) is 30.4. The number of hydrogen-bond acceptors (Lipinski definition) is 3. The van der Waals surface area contributed by atoms with Crippen molar-refractivity contribution in [2.75, 3.05) is 9.80 Å². The summed E-state index contributed by atoms with van der Waals surface area (Å²) in [5, 5.41) is 0.512. The predicted octanol–water partition coefficient (Wildman–Crippen LogP) is 9.92. The molecule has 0 aromatic heterocycles. The van der Waals surface area contributed by atoms with Crippen LogP contribution in [0.15, 0.2) is 170 Å². The van der Waals surface area contributed by atoms with Crippen LogP contribution in [0.4, 0.5) is 11.4 Å². The molecular weight excluding hydrogens is 628 g/mol. The second-order valence-electron chi connectivity index (χ2n) is 12.1. The molecule has 0 bridgehead atoms. The molecule has 6 aromatic rings. The van der Waals surface area contributed by atoms with Crippen LogP contribution in [0.5, 0.6) is 0 Å². The minimum atomic E-state index is -1.40. The van der Waals surface area contributed by atoms with Gasteiger partial charge < -0.3 is 4.74 Å². The average Bonchev–Trinajstić information content (AvgIpc) is 3.29. The van der Waals surface area contributed by atoms with E-state index >= 15 is 4.79 Å². The Kier molecular flexibility index (Phi) is 7.83. The maximum Gasteiger partial charge on any atom is 0.266 e. The molecule has 0 N–H and O–H groups in total. The van der Waals surface area contributed by atoms with Crippen LogP contribution in [-0.2, 0) is 15.3 Å². The first-order valence-corrected chi connectivity index (χ1v) is 16.6. The summed E-state index contributed by atoms with van der Waals surface area (Å²) in [7, 11) is 0. The number of fused-ring (bicyclic) bond motifs is 3. The van der Waals surface area contributed by atoms with Crippen molar-refractivity contribution in [2.24, 2.45) is 0 Å². The number of para-hydroxylation sites is 2. The second-order valence-corrected chi connectivity index (χ2v) is 12.5. The van der Waals surface area contributed by atoms with Crippen LogP contribution in [-0.4, -0.2) is 11.8 Å². The smallest absolute Gasteiger partial charge is 0.266 e. The minimum Gasteiger partial charge on any atom is -0.462 e. The first-order chi connectivity index (χ1) is 24.1. The Morgan fingerprint density at radius 3 is 1.82 bits per heavy atom. The topological polar surface area (TPSA) is 49.9 Å². The van der Waals surface area contributed by atoms with E-state index in [4.69, 9.17) is 16.3 Å². The molecule has 49 heavy (non-hydrogen) atoms. The van der Waals surface area contributed by atoms with E-state index in [1.54, 1.807) is 9.80 Å². The lowest BCUT2D eigenvalue weighted by Gasteiger charge is -2.48. The van der Waals surface area contributed by atoms with Gasteiger partial charge in [-0.25, -0.2) is 0 Å². The number of anilines is 2. The van der Waals surface area contributed by atoms with Crippen molar-refractivity contribution in [2.45, 2.75) is 18.2 Å². The Balaban J connectivity index is 1.47. The van der Waals surface area contributed by atoms with Crippen molar-refractivity contribution in [3.63, 3.8) is 0 Å². The van der Waals surface area contributed by atoms with Crippen LogP contribution in [0, 0.1) is 0 Å². The number of nitrogens with zero attached hydrogens (tertiary/aromatic N) is 2. The van der Waals surface area contributed by atoms with Gasteiger partial charge in [-0.2, -0.15) is 0 Å². The molecule has 6 aromatic carbocycles. The van der Waals surface area contributed by atoms with Crippen LogP contribution < -0.4 is 9.80 Å². The summed E-state index contributed by atoms with van der Waals surface area (Å²) in [5.41, 5.74) is 3.70. The zero-order valence-corrected chi connectivity index (χ0v) is 27.2. The Morgan fingerprint density at radius 1 is 0.633 bits per heavy atom. The van der Waals surface area contributed by atoms with E-state index < -0.39 is 11.8 Å². The van der Waals surface area contributed by atoms with Gasteiger partial charge in [0.2, 0.25) is 5.72 Å². The molecule has 2 heterocycles. The van der Waals surface area contributed by atoms with Crippen molar-refractivity contribution in [3.05, 3.63) is 203 Å². The van der Waals surface area contributed by atoms with E-state index in [0.717, 1.165) is 22.3 Å². The van der Waals surface area contributed by atoms with Crippen LogP contribution in [0.2, 0.25) is 5.02 Å². The Labute approximate surface area is 290 Å². The van der Waals surface area contributed by atoms with E-state index in [1.165, 1.54) is 0 Å². The van der Waals surface area contributed by atoms with Gasteiger partial charge in [-0.3, -0.25) is 19.4 Å². The molecular formula is C43H31ClN2O3. The maximum absolute atomic E-state index is 15.6. The molecule has 2 atom stereocenters. The van der Waals surface area contributed by atoms with Gasteiger partial charge in [0, 0.05) is 28.1 Å². The number of amides is 2. The van der Waals surface area contributed by atoms with Crippen molar-refractivity contribution >= 4 is 46.1 Å². The largest absolute Gasteiger partial charge is 0.462 e. The zero-order chi connectivity index (χ0) is 33.4. The molecule has 5 nitrogen and oxygen atoms in total. The van der Waals surface area contributed by atoms with Gasteiger partial charge in [0.1, 0.15) is 5.76 Å². The lowest BCUT2D eigenvalue weighted by Crippen LogP contribution is -2.55. The van der Waals surface area contributed by atoms with E-state index in [9.17, 15) is 4.79 Å². The van der Waals surface area contributed by atoms with Gasteiger partial charge in [0.15, 0.2) is 0 Å². The average molecular weight is 659 g/mol. The number of benzene rings is 6. The standard InChI is InChI=1S/C43H31ClN2O3/c44-35-26-14-13-25-34(35)38-29-43(33-23-11-4-12-24-33)46(37-28-16-15-27-36(37)45(38)41(47)32-21-9-3-10-22-32)42(48)39(30-17-5-1-6-18-30)40(49-43)31-19-7-2-8-20-31/h1-28,38H,29H2. The Morgan fingerprint density at radius 2 is 1.16 bits per heavy atom. The summed E-state index contributed by atoms with van der Waals surface area (Å²) in [6, 6.07) is 52.9. The highest BCUT2D eigenvalue weighted by atomic mass is 35.5. The number of ether oxygens (including phenoxy) is 1. The lowest BCUT2D eigenvalue weighted by molar-refractivity contribution is -0.120. The van der Waals surface area contributed by atoms with Crippen molar-refractivity contribution in [1.82, 2.24) is 0 Å². The second kappa shape index (κ2) is 12.6. The molecule has 2 amide bonds. The Bertz CT molecular complexity index is 2190. The summed E-state index contributed by atoms with van der Waals surface area (Å²) >= 11 is 7.01. The van der Waals surface area contributed by atoms with Crippen LogP contribution in [0.25, 0.3) is 11.3 Å². The highest BCUT2D eigenvalue weighted by Gasteiger charge is 2.56. The fraction of sp³-hybridized carbons (Fsp3) is 0.0698. The van der Waals surface area contributed by atoms with Gasteiger partial charge in [-0.05, 0) is 41.5 Å². The van der Waals surface area contributed by atoms with Gasteiger partial charge >= 0.3 is 0 Å². The molecule has 8 rings (SSSR count). The summed E-state index contributed by atoms with van der Waals surface area (Å²) in [4.78, 5) is 33.9. The third-order valence-corrected chi connectivity index (χ3v) is 9.61. The number of carbonyl (C=O) groups excluding carboxylic acids is 2. The fourth-order valence-electron chi connectivity index (χ4n) is 7.08. The third-order valence-electron chi connectivity index (χ3n) is 9.27. The molecule has 6 heteroatoms. The highest BCUT2D eigenvalue weighted by molar-refractivity contribution is 6.34. The van der Waals surface area contributed by atoms with Crippen molar-refractivity contribution < 1.29 is 14.3 Å². The predicted molar refractivity (Wildman–Crippen MR) is 195 cm³/mol. The molecule has 0 radical (unpaired) electrons. The summed E-state index contributed by atoms with van der Waals surface area (Å²) < 4.78 is 7.45. The third kappa shape index (κ3) is 5.20. The molecule has 0 aliphatic carbocycles. The van der Waals surface area contributed by atoms with Gasteiger partial charge in [0.05, 0.1) is 23.0 Å². The van der Waals surface area contributed by atoms with Crippen LogP contribution in [0.3, 0.4) is 0 Å². The Hall–Kier alpha value is -5.91.